The molecule has 0 saturated carbocycles. The first-order valence-electron chi connectivity index (χ1n) is 7.72. The van der Waals surface area contributed by atoms with Crippen LogP contribution in [0.15, 0.2) is 67.0 Å². The molecule has 6 heteroatoms. The van der Waals surface area contributed by atoms with E-state index in [4.69, 9.17) is 16.3 Å². The molecule has 0 aliphatic heterocycles. The standard InChI is InChI=1S/C19H16ClN3O2/c20-16-6-2-15(3-7-16)13-25-19(24)23-17-8-4-14(5-9-17)12-18-21-10-1-11-22-18/h1-11H,12-13H2,(H,23,24). The third-order valence-electron chi connectivity index (χ3n) is 3.47. The number of hydrogen-bond donors (Lipinski definition) is 1. The topological polar surface area (TPSA) is 64.1 Å². The summed E-state index contributed by atoms with van der Waals surface area (Å²) >= 11 is 5.82. The van der Waals surface area contributed by atoms with Crippen LogP contribution >= 0.6 is 11.6 Å². The predicted octanol–water partition coefficient (Wildman–Crippen LogP) is 4.47. The van der Waals surface area contributed by atoms with Gasteiger partial charge in [-0.3, -0.25) is 5.32 Å². The van der Waals surface area contributed by atoms with E-state index in [2.05, 4.69) is 15.3 Å². The number of nitrogens with one attached hydrogen (secondary N) is 1. The van der Waals surface area contributed by atoms with Gasteiger partial charge in [-0.1, -0.05) is 35.9 Å². The SMILES string of the molecule is O=C(Nc1ccc(Cc2ncccn2)cc1)OCc1ccc(Cl)cc1. The summed E-state index contributed by atoms with van der Waals surface area (Å²) in [7, 11) is 0. The predicted molar refractivity (Wildman–Crippen MR) is 96.5 cm³/mol. The minimum atomic E-state index is -0.505. The van der Waals surface area contributed by atoms with Crippen LogP contribution in [0.4, 0.5) is 10.5 Å². The highest BCUT2D eigenvalue weighted by molar-refractivity contribution is 6.30. The van der Waals surface area contributed by atoms with Gasteiger partial charge in [0.1, 0.15) is 12.4 Å². The van der Waals surface area contributed by atoms with E-state index >= 15 is 0 Å². The van der Waals surface area contributed by atoms with Crippen molar-refractivity contribution in [3.8, 4) is 0 Å². The van der Waals surface area contributed by atoms with Crippen molar-refractivity contribution in [1.82, 2.24) is 9.97 Å². The van der Waals surface area contributed by atoms with Crippen molar-refractivity contribution in [2.45, 2.75) is 13.0 Å². The average molecular weight is 354 g/mol. The molecular weight excluding hydrogens is 338 g/mol. The zero-order valence-electron chi connectivity index (χ0n) is 13.4. The molecule has 0 fully saturated rings. The third kappa shape index (κ3) is 5.29. The van der Waals surface area contributed by atoms with E-state index in [1.807, 2.05) is 36.4 Å². The van der Waals surface area contributed by atoms with Crippen LogP contribution in [0.3, 0.4) is 0 Å². The fourth-order valence-electron chi connectivity index (χ4n) is 2.19. The number of aromatic nitrogens is 2. The summed E-state index contributed by atoms with van der Waals surface area (Å²) in [6.45, 7) is 0.187. The number of nitrogens with zero attached hydrogens (tertiary/aromatic N) is 2. The number of anilines is 1. The molecule has 0 aliphatic rings. The van der Waals surface area contributed by atoms with Crippen LogP contribution in [-0.2, 0) is 17.8 Å². The van der Waals surface area contributed by atoms with Crippen molar-refractivity contribution in [1.29, 1.82) is 0 Å². The van der Waals surface area contributed by atoms with Crippen molar-refractivity contribution < 1.29 is 9.53 Å². The summed E-state index contributed by atoms with van der Waals surface area (Å²) in [5, 5.41) is 3.34. The summed E-state index contributed by atoms with van der Waals surface area (Å²) in [6.07, 6.45) is 3.57. The molecule has 1 N–H and O–H groups in total. The first-order valence-corrected chi connectivity index (χ1v) is 8.10. The lowest BCUT2D eigenvalue weighted by Gasteiger charge is -2.08. The van der Waals surface area contributed by atoms with Gasteiger partial charge in [0.05, 0.1) is 0 Å². The molecule has 0 bridgehead atoms. The van der Waals surface area contributed by atoms with E-state index < -0.39 is 6.09 Å². The maximum absolute atomic E-state index is 11.8. The van der Waals surface area contributed by atoms with Crippen LogP contribution in [0.25, 0.3) is 0 Å². The largest absolute Gasteiger partial charge is 0.444 e. The molecule has 1 heterocycles. The first-order chi connectivity index (χ1) is 12.2. The summed E-state index contributed by atoms with van der Waals surface area (Å²) in [4.78, 5) is 20.2. The minimum absolute atomic E-state index is 0.187. The van der Waals surface area contributed by atoms with Gasteiger partial charge in [0.15, 0.2) is 0 Å². The molecule has 3 aromatic rings. The number of rotatable bonds is 5. The van der Waals surface area contributed by atoms with E-state index in [0.29, 0.717) is 17.1 Å². The van der Waals surface area contributed by atoms with E-state index in [1.54, 1.807) is 30.6 Å². The Kier molecular flexibility index (Phi) is 5.59. The number of hydrogen-bond acceptors (Lipinski definition) is 4. The Balaban J connectivity index is 1.50. The molecule has 0 aliphatic carbocycles. The van der Waals surface area contributed by atoms with Crippen molar-refractivity contribution in [2.75, 3.05) is 5.32 Å². The van der Waals surface area contributed by atoms with Gasteiger partial charge in [0, 0.05) is 29.5 Å². The van der Waals surface area contributed by atoms with Crippen molar-refractivity contribution >= 4 is 23.4 Å². The molecule has 1 amide bonds. The fourth-order valence-corrected chi connectivity index (χ4v) is 2.32. The normalized spacial score (nSPS) is 10.3. The second kappa shape index (κ2) is 8.26. The van der Waals surface area contributed by atoms with Gasteiger partial charge in [0.25, 0.3) is 0 Å². The highest BCUT2D eigenvalue weighted by Gasteiger charge is 2.05. The molecule has 0 spiro atoms. The van der Waals surface area contributed by atoms with Crippen molar-refractivity contribution in [2.24, 2.45) is 0 Å². The Hall–Kier alpha value is -2.92. The maximum atomic E-state index is 11.8. The van der Waals surface area contributed by atoms with Crippen LogP contribution in [0.5, 0.6) is 0 Å². The molecule has 0 atom stereocenters. The van der Waals surface area contributed by atoms with E-state index in [9.17, 15) is 4.79 Å². The van der Waals surface area contributed by atoms with Crippen LogP contribution in [0.2, 0.25) is 5.02 Å². The lowest BCUT2D eigenvalue weighted by molar-refractivity contribution is 0.155. The highest BCUT2D eigenvalue weighted by atomic mass is 35.5. The Morgan fingerprint density at radius 1 is 0.960 bits per heavy atom. The zero-order valence-corrected chi connectivity index (χ0v) is 14.1. The van der Waals surface area contributed by atoms with Gasteiger partial charge in [-0.2, -0.15) is 0 Å². The fraction of sp³-hybridized carbons (Fsp3) is 0.105. The molecule has 5 nitrogen and oxygen atoms in total. The second-order valence-electron chi connectivity index (χ2n) is 5.37. The minimum Gasteiger partial charge on any atom is -0.444 e. The maximum Gasteiger partial charge on any atom is 0.411 e. The van der Waals surface area contributed by atoms with E-state index in [-0.39, 0.29) is 6.61 Å². The number of halogens is 1. The van der Waals surface area contributed by atoms with Crippen LogP contribution in [0, 0.1) is 0 Å². The average Bonchev–Trinajstić information content (AvgIpc) is 2.64. The number of amides is 1. The Bertz CT molecular complexity index is 822. The van der Waals surface area contributed by atoms with Gasteiger partial charge in [0.2, 0.25) is 0 Å². The van der Waals surface area contributed by atoms with Crippen LogP contribution in [-0.4, -0.2) is 16.1 Å². The monoisotopic (exact) mass is 353 g/mol. The zero-order chi connectivity index (χ0) is 17.5. The van der Waals surface area contributed by atoms with Gasteiger partial charge in [-0.15, -0.1) is 0 Å². The number of carbonyl (C=O) groups excluding carboxylic acids is 1. The van der Waals surface area contributed by atoms with Crippen LogP contribution < -0.4 is 5.32 Å². The molecule has 25 heavy (non-hydrogen) atoms. The lowest BCUT2D eigenvalue weighted by Crippen LogP contribution is -2.13. The van der Waals surface area contributed by atoms with E-state index in [0.717, 1.165) is 17.0 Å². The molecular formula is C19H16ClN3O2. The van der Waals surface area contributed by atoms with Gasteiger partial charge < -0.3 is 4.74 Å². The van der Waals surface area contributed by atoms with Gasteiger partial charge >= 0.3 is 6.09 Å². The second-order valence-corrected chi connectivity index (χ2v) is 5.80. The third-order valence-corrected chi connectivity index (χ3v) is 3.72. The molecule has 1 aromatic heterocycles. The van der Waals surface area contributed by atoms with Gasteiger partial charge in [-0.05, 0) is 41.5 Å². The Labute approximate surface area is 150 Å². The quantitative estimate of drug-likeness (QED) is 0.735. The van der Waals surface area contributed by atoms with Crippen LogP contribution in [0.1, 0.15) is 17.0 Å². The lowest BCUT2D eigenvalue weighted by atomic mass is 10.1. The summed E-state index contributed by atoms with van der Waals surface area (Å²) < 4.78 is 5.18. The number of carbonyl (C=O) groups is 1. The number of ether oxygens (including phenoxy) is 1. The Morgan fingerprint density at radius 3 is 2.28 bits per heavy atom. The first kappa shape index (κ1) is 16.9. The molecule has 0 unspecified atom stereocenters. The van der Waals surface area contributed by atoms with Crippen molar-refractivity contribution in [3.63, 3.8) is 0 Å². The molecule has 2 aromatic carbocycles. The molecule has 0 radical (unpaired) electrons. The highest BCUT2D eigenvalue weighted by Crippen LogP contribution is 2.13. The summed E-state index contributed by atoms with van der Waals surface area (Å²) in [5.41, 5.74) is 2.60. The van der Waals surface area contributed by atoms with E-state index in [1.165, 1.54) is 0 Å². The molecule has 126 valence electrons. The van der Waals surface area contributed by atoms with Gasteiger partial charge in [-0.25, -0.2) is 14.8 Å². The van der Waals surface area contributed by atoms with Crippen molar-refractivity contribution in [3.05, 3.63) is 89.0 Å². The smallest absolute Gasteiger partial charge is 0.411 e. The Morgan fingerprint density at radius 2 is 1.60 bits per heavy atom. The summed E-state index contributed by atoms with van der Waals surface area (Å²) in [6, 6.07) is 16.4. The molecule has 0 saturated heterocycles. The number of benzene rings is 2. The molecule has 3 rings (SSSR count). The summed E-state index contributed by atoms with van der Waals surface area (Å²) in [5.74, 6) is 0.755.